The summed E-state index contributed by atoms with van der Waals surface area (Å²) in [4.78, 5) is 4.43. The van der Waals surface area contributed by atoms with Crippen LogP contribution in [0.1, 0.15) is 0 Å². The number of nitrogens with one attached hydrogen (secondary N) is 1. The summed E-state index contributed by atoms with van der Waals surface area (Å²) in [6.45, 7) is 0. The first-order valence-electron chi connectivity index (χ1n) is 5.06. The Kier molecular flexibility index (Phi) is 2.53. The molecule has 2 aromatic heterocycles. The molecule has 1 aromatic carbocycles. The van der Waals surface area contributed by atoms with E-state index in [-0.39, 0.29) is 0 Å². The molecule has 5 heteroatoms. The predicted molar refractivity (Wildman–Crippen MR) is 67.2 cm³/mol. The third-order valence-corrected chi connectivity index (χ3v) is 3.00. The van der Waals surface area contributed by atoms with E-state index in [4.69, 9.17) is 4.42 Å². The van der Waals surface area contributed by atoms with Gasteiger partial charge in [0.05, 0.1) is 11.8 Å². The van der Waals surface area contributed by atoms with Crippen LogP contribution in [0.3, 0.4) is 0 Å². The van der Waals surface area contributed by atoms with E-state index in [1.807, 2.05) is 36.4 Å². The lowest BCUT2D eigenvalue weighted by atomic mass is 10.2. The van der Waals surface area contributed by atoms with Gasteiger partial charge in [-0.05, 0) is 22.0 Å². The Labute approximate surface area is 106 Å². The highest BCUT2D eigenvalue weighted by Crippen LogP contribution is 2.27. The highest BCUT2D eigenvalue weighted by atomic mass is 79.9. The second-order valence-electron chi connectivity index (χ2n) is 3.48. The molecule has 0 aliphatic carbocycles. The first kappa shape index (κ1) is 10.3. The van der Waals surface area contributed by atoms with E-state index < -0.39 is 0 Å². The van der Waals surface area contributed by atoms with Gasteiger partial charge in [0.1, 0.15) is 0 Å². The van der Waals surface area contributed by atoms with Crippen LogP contribution in [0.2, 0.25) is 0 Å². The van der Waals surface area contributed by atoms with E-state index in [0.29, 0.717) is 16.3 Å². The Morgan fingerprint density at radius 3 is 2.65 bits per heavy atom. The van der Waals surface area contributed by atoms with E-state index in [1.54, 1.807) is 6.26 Å². The van der Waals surface area contributed by atoms with Gasteiger partial charge in [-0.3, -0.25) is 5.10 Å². The van der Waals surface area contributed by atoms with Gasteiger partial charge in [0, 0.05) is 5.56 Å². The van der Waals surface area contributed by atoms with Crippen molar-refractivity contribution < 1.29 is 4.42 Å². The third-order valence-electron chi connectivity index (χ3n) is 2.39. The predicted octanol–water partition coefficient (Wildman–Crippen LogP) is 3.49. The van der Waals surface area contributed by atoms with Crippen molar-refractivity contribution in [2.75, 3.05) is 0 Å². The van der Waals surface area contributed by atoms with E-state index >= 15 is 0 Å². The van der Waals surface area contributed by atoms with Crippen molar-refractivity contribution >= 4 is 15.9 Å². The maximum Gasteiger partial charge on any atom is 0.181 e. The lowest BCUT2D eigenvalue weighted by Gasteiger charge is -1.92. The van der Waals surface area contributed by atoms with Crippen LogP contribution in [0.5, 0.6) is 0 Å². The molecule has 2 heterocycles. The lowest BCUT2D eigenvalue weighted by molar-refractivity contribution is 0.542. The quantitative estimate of drug-likeness (QED) is 0.786. The average molecular weight is 290 g/mol. The van der Waals surface area contributed by atoms with E-state index in [0.717, 1.165) is 11.1 Å². The van der Waals surface area contributed by atoms with Crippen LogP contribution in [0.15, 0.2) is 51.7 Å². The molecule has 0 fully saturated rings. The summed E-state index contributed by atoms with van der Waals surface area (Å²) >= 11 is 3.31. The topological polar surface area (TPSA) is 54.7 Å². The van der Waals surface area contributed by atoms with Crippen molar-refractivity contribution in [2.24, 2.45) is 0 Å². The molecule has 4 nitrogen and oxygen atoms in total. The van der Waals surface area contributed by atoms with E-state index in [1.165, 1.54) is 0 Å². The minimum absolute atomic E-state index is 0.647. The summed E-state index contributed by atoms with van der Waals surface area (Å²) in [6.07, 6.45) is 1.60. The molecule has 0 aliphatic heterocycles. The minimum Gasteiger partial charge on any atom is -0.457 e. The second-order valence-corrected chi connectivity index (χ2v) is 4.20. The largest absolute Gasteiger partial charge is 0.457 e. The van der Waals surface area contributed by atoms with Gasteiger partial charge in [0.2, 0.25) is 0 Å². The maximum absolute atomic E-state index is 5.16. The molecule has 0 atom stereocenters. The van der Waals surface area contributed by atoms with Crippen LogP contribution >= 0.6 is 15.9 Å². The molecule has 1 N–H and O–H groups in total. The van der Waals surface area contributed by atoms with Crippen molar-refractivity contribution in [1.82, 2.24) is 15.2 Å². The number of hydrogen-bond donors (Lipinski definition) is 1. The molecule has 84 valence electrons. The number of H-pyrrole nitrogens is 1. The number of aromatic amines is 1. The number of halogens is 1. The van der Waals surface area contributed by atoms with Gasteiger partial charge in [-0.15, -0.1) is 0 Å². The molecule has 0 aliphatic rings. The van der Waals surface area contributed by atoms with Crippen LogP contribution in [0.25, 0.3) is 22.8 Å². The van der Waals surface area contributed by atoms with Crippen LogP contribution < -0.4 is 0 Å². The fourth-order valence-electron chi connectivity index (χ4n) is 1.56. The van der Waals surface area contributed by atoms with E-state index in [9.17, 15) is 0 Å². The molecular formula is C12H8BrN3O. The van der Waals surface area contributed by atoms with Gasteiger partial charge < -0.3 is 4.42 Å². The SMILES string of the molecule is Brc1occc1-c1nc(-c2ccccc2)n[nH]1. The highest BCUT2D eigenvalue weighted by Gasteiger charge is 2.11. The molecule has 0 unspecified atom stereocenters. The summed E-state index contributed by atoms with van der Waals surface area (Å²) in [6, 6.07) is 11.6. The zero-order valence-corrected chi connectivity index (χ0v) is 10.3. The van der Waals surface area contributed by atoms with Crippen LogP contribution in [0, 0.1) is 0 Å². The number of nitrogens with zero attached hydrogens (tertiary/aromatic N) is 2. The zero-order valence-electron chi connectivity index (χ0n) is 8.72. The number of furan rings is 1. The molecule has 0 saturated carbocycles. The summed E-state index contributed by atoms with van der Waals surface area (Å²) in [7, 11) is 0. The smallest absolute Gasteiger partial charge is 0.181 e. The van der Waals surface area contributed by atoms with E-state index in [2.05, 4.69) is 31.1 Å². The molecule has 0 saturated heterocycles. The molecule has 3 rings (SSSR count). The van der Waals surface area contributed by atoms with Gasteiger partial charge in [-0.2, -0.15) is 5.10 Å². The molecule has 17 heavy (non-hydrogen) atoms. The van der Waals surface area contributed by atoms with Crippen LogP contribution in [-0.4, -0.2) is 15.2 Å². The van der Waals surface area contributed by atoms with Gasteiger partial charge in [-0.25, -0.2) is 4.98 Å². The van der Waals surface area contributed by atoms with Crippen molar-refractivity contribution in [1.29, 1.82) is 0 Å². The summed E-state index contributed by atoms with van der Waals surface area (Å²) in [5.41, 5.74) is 1.84. The standard InChI is InChI=1S/C12H8BrN3O/c13-10-9(6-7-17-10)12-14-11(15-16-12)8-4-2-1-3-5-8/h1-7H,(H,14,15,16). The molecular weight excluding hydrogens is 282 g/mol. The Bertz CT molecular complexity index is 630. The summed E-state index contributed by atoms with van der Waals surface area (Å²) < 4.78 is 5.81. The summed E-state index contributed by atoms with van der Waals surface area (Å²) in [5.74, 6) is 1.36. The first-order chi connectivity index (χ1) is 8.34. The van der Waals surface area contributed by atoms with Gasteiger partial charge in [-0.1, -0.05) is 30.3 Å². The monoisotopic (exact) mass is 289 g/mol. The van der Waals surface area contributed by atoms with Crippen molar-refractivity contribution in [3.8, 4) is 22.8 Å². The summed E-state index contributed by atoms with van der Waals surface area (Å²) in [5, 5.41) is 7.08. The zero-order chi connectivity index (χ0) is 11.7. The lowest BCUT2D eigenvalue weighted by Crippen LogP contribution is -1.79. The molecule has 0 spiro atoms. The number of benzene rings is 1. The van der Waals surface area contributed by atoms with Crippen LogP contribution in [-0.2, 0) is 0 Å². The first-order valence-corrected chi connectivity index (χ1v) is 5.85. The fraction of sp³-hybridized carbons (Fsp3) is 0. The maximum atomic E-state index is 5.16. The normalized spacial score (nSPS) is 10.6. The van der Waals surface area contributed by atoms with Crippen molar-refractivity contribution in [3.63, 3.8) is 0 Å². The van der Waals surface area contributed by atoms with Gasteiger partial charge in [0.25, 0.3) is 0 Å². The number of hydrogen-bond acceptors (Lipinski definition) is 3. The average Bonchev–Trinajstić information content (AvgIpc) is 2.98. The molecule has 3 aromatic rings. The molecule has 0 bridgehead atoms. The second kappa shape index (κ2) is 4.18. The Balaban J connectivity index is 2.02. The van der Waals surface area contributed by atoms with Crippen molar-refractivity contribution in [3.05, 3.63) is 47.3 Å². The Morgan fingerprint density at radius 2 is 1.94 bits per heavy atom. The third kappa shape index (κ3) is 1.89. The fourth-order valence-corrected chi connectivity index (χ4v) is 1.99. The Hall–Kier alpha value is -1.88. The van der Waals surface area contributed by atoms with Gasteiger partial charge >= 0.3 is 0 Å². The minimum atomic E-state index is 0.647. The number of aromatic nitrogens is 3. The highest BCUT2D eigenvalue weighted by molar-refractivity contribution is 9.10. The van der Waals surface area contributed by atoms with Crippen molar-refractivity contribution in [2.45, 2.75) is 0 Å². The van der Waals surface area contributed by atoms with Crippen LogP contribution in [0.4, 0.5) is 0 Å². The number of rotatable bonds is 2. The molecule has 0 amide bonds. The Morgan fingerprint density at radius 1 is 1.12 bits per heavy atom. The molecule has 0 radical (unpaired) electrons. The van der Waals surface area contributed by atoms with Gasteiger partial charge in [0.15, 0.2) is 16.3 Å².